The first kappa shape index (κ1) is 19.0. The van der Waals surface area contributed by atoms with E-state index in [4.69, 9.17) is 23.2 Å². The summed E-state index contributed by atoms with van der Waals surface area (Å²) in [6.07, 6.45) is 0. The smallest absolute Gasteiger partial charge is 0.151 e. The third-order valence-corrected chi connectivity index (χ3v) is 6.49. The number of phenolic OH excluding ortho intramolecular Hbond substituents is 1. The molecule has 26 heavy (non-hydrogen) atoms. The number of aromatic hydroxyl groups is 1. The molecule has 0 atom stereocenters. The molecule has 0 heterocycles. The van der Waals surface area contributed by atoms with E-state index in [1.807, 2.05) is 44.2 Å². The summed E-state index contributed by atoms with van der Waals surface area (Å²) in [7, 11) is 0. The Bertz CT molecular complexity index is 970. The van der Waals surface area contributed by atoms with E-state index in [2.05, 4.69) is 20.8 Å². The van der Waals surface area contributed by atoms with E-state index < -0.39 is 5.82 Å². The predicted molar refractivity (Wildman–Crippen MR) is 108 cm³/mol. The molecule has 1 N–H and O–H groups in total. The quantitative estimate of drug-likeness (QED) is 0.521. The fourth-order valence-corrected chi connectivity index (χ4v) is 4.22. The lowest BCUT2D eigenvalue weighted by molar-refractivity contribution is 0.474. The molecule has 1 aliphatic carbocycles. The second kappa shape index (κ2) is 6.44. The van der Waals surface area contributed by atoms with Crippen LogP contribution in [0.25, 0.3) is 16.7 Å². The van der Waals surface area contributed by atoms with Gasteiger partial charge in [0.15, 0.2) is 5.82 Å². The third-order valence-electron chi connectivity index (χ3n) is 5.67. The van der Waals surface area contributed by atoms with Gasteiger partial charge in [0.25, 0.3) is 0 Å². The Morgan fingerprint density at radius 3 is 1.96 bits per heavy atom. The number of benzene rings is 2. The van der Waals surface area contributed by atoms with E-state index in [0.29, 0.717) is 16.7 Å². The highest BCUT2D eigenvalue weighted by atomic mass is 35.5. The maximum Gasteiger partial charge on any atom is 0.151 e. The highest BCUT2D eigenvalue weighted by Gasteiger charge is 2.39. The van der Waals surface area contributed by atoms with Crippen molar-refractivity contribution >= 4 is 28.8 Å². The zero-order valence-corrected chi connectivity index (χ0v) is 17.0. The summed E-state index contributed by atoms with van der Waals surface area (Å²) in [4.78, 5) is 0. The molecule has 0 saturated heterocycles. The number of halogens is 3. The van der Waals surface area contributed by atoms with Gasteiger partial charge >= 0.3 is 0 Å². The first-order valence-electron chi connectivity index (χ1n) is 8.45. The third kappa shape index (κ3) is 2.59. The Morgan fingerprint density at radius 2 is 1.46 bits per heavy atom. The average molecular weight is 391 g/mol. The number of phenols is 1. The standard InChI is InChI=1S/C22H21Cl2FO/c1-11-12(2)17(22(4,5)13(11)3)16-15(14-9-7-6-8-10-14)21(26)19(24)18(23)20(16)25/h6-10,26H,1-5H3. The number of allylic oxidation sites excluding steroid dienone is 4. The predicted octanol–water partition coefficient (Wildman–Crippen LogP) is 7.65. The molecule has 136 valence electrons. The Labute approximate surface area is 163 Å². The molecule has 0 bridgehead atoms. The van der Waals surface area contributed by atoms with Crippen LogP contribution in [0.1, 0.15) is 40.2 Å². The van der Waals surface area contributed by atoms with Gasteiger partial charge in [-0.2, -0.15) is 0 Å². The molecule has 0 amide bonds. The Morgan fingerprint density at radius 1 is 0.885 bits per heavy atom. The van der Waals surface area contributed by atoms with Crippen molar-refractivity contribution in [1.82, 2.24) is 0 Å². The number of rotatable bonds is 2. The normalized spacial score (nSPS) is 16.6. The summed E-state index contributed by atoms with van der Waals surface area (Å²) in [5.74, 6) is -0.796. The van der Waals surface area contributed by atoms with Crippen LogP contribution in [0, 0.1) is 11.2 Å². The van der Waals surface area contributed by atoms with Crippen molar-refractivity contribution in [3.05, 3.63) is 68.5 Å². The molecule has 4 heteroatoms. The van der Waals surface area contributed by atoms with E-state index in [1.165, 1.54) is 5.57 Å². The van der Waals surface area contributed by atoms with Crippen LogP contribution >= 0.6 is 23.2 Å². The van der Waals surface area contributed by atoms with E-state index in [1.54, 1.807) is 0 Å². The van der Waals surface area contributed by atoms with E-state index in [-0.39, 0.29) is 21.2 Å². The van der Waals surface area contributed by atoms with Gasteiger partial charge in [0.1, 0.15) is 10.8 Å². The molecule has 0 fully saturated rings. The van der Waals surface area contributed by atoms with Crippen molar-refractivity contribution in [2.75, 3.05) is 0 Å². The monoisotopic (exact) mass is 390 g/mol. The van der Waals surface area contributed by atoms with Gasteiger partial charge in [-0.1, -0.05) is 73.0 Å². The van der Waals surface area contributed by atoms with Crippen LogP contribution < -0.4 is 0 Å². The zero-order valence-electron chi connectivity index (χ0n) is 15.5. The van der Waals surface area contributed by atoms with Crippen LogP contribution in [0.2, 0.25) is 10.0 Å². The first-order chi connectivity index (χ1) is 12.1. The van der Waals surface area contributed by atoms with E-state index in [9.17, 15) is 5.11 Å². The fraction of sp³-hybridized carbons (Fsp3) is 0.273. The molecular weight excluding hydrogens is 370 g/mol. The molecule has 2 aromatic carbocycles. The molecule has 0 aromatic heterocycles. The highest BCUT2D eigenvalue weighted by molar-refractivity contribution is 6.43. The highest BCUT2D eigenvalue weighted by Crippen LogP contribution is 2.56. The average Bonchev–Trinajstić information content (AvgIpc) is 2.77. The largest absolute Gasteiger partial charge is 0.506 e. The summed E-state index contributed by atoms with van der Waals surface area (Å²) < 4.78 is 15.4. The number of hydrogen-bond donors (Lipinski definition) is 1. The lowest BCUT2D eigenvalue weighted by Gasteiger charge is -2.29. The molecule has 3 rings (SSSR count). The molecule has 2 aromatic rings. The summed E-state index contributed by atoms with van der Waals surface area (Å²) in [6.45, 7) is 10.2. The minimum atomic E-state index is -0.599. The van der Waals surface area contributed by atoms with Gasteiger partial charge in [-0.15, -0.1) is 0 Å². The molecule has 1 nitrogen and oxygen atoms in total. The fourth-order valence-electron chi connectivity index (χ4n) is 3.86. The molecule has 0 radical (unpaired) electrons. The van der Waals surface area contributed by atoms with E-state index in [0.717, 1.165) is 16.7 Å². The first-order valence-corrected chi connectivity index (χ1v) is 9.21. The second-order valence-corrected chi connectivity index (χ2v) is 8.04. The Kier molecular flexibility index (Phi) is 4.71. The molecule has 0 unspecified atom stereocenters. The van der Waals surface area contributed by atoms with E-state index >= 15 is 4.39 Å². The molecule has 1 aliphatic rings. The van der Waals surface area contributed by atoms with Gasteiger partial charge in [0, 0.05) is 16.5 Å². The zero-order chi connectivity index (χ0) is 19.4. The van der Waals surface area contributed by atoms with Gasteiger partial charge in [0.05, 0.1) is 5.02 Å². The SMILES string of the molecule is CC1=C(C)C(C)(C)C(c2c(F)c(Cl)c(Cl)c(O)c2-c2ccccc2)=C1C. The molecular formula is C22H21Cl2FO. The van der Waals surface area contributed by atoms with Crippen molar-refractivity contribution in [2.24, 2.45) is 5.41 Å². The van der Waals surface area contributed by atoms with Gasteiger partial charge in [0.2, 0.25) is 0 Å². The van der Waals surface area contributed by atoms with Crippen molar-refractivity contribution in [3.63, 3.8) is 0 Å². The van der Waals surface area contributed by atoms with Crippen LogP contribution in [0.3, 0.4) is 0 Å². The van der Waals surface area contributed by atoms with Gasteiger partial charge in [-0.3, -0.25) is 0 Å². The second-order valence-electron chi connectivity index (χ2n) is 7.28. The van der Waals surface area contributed by atoms with Crippen LogP contribution in [0.15, 0.2) is 47.1 Å². The van der Waals surface area contributed by atoms with Crippen molar-refractivity contribution in [3.8, 4) is 16.9 Å². The molecule has 0 spiro atoms. The van der Waals surface area contributed by atoms with Gasteiger partial charge in [-0.25, -0.2) is 4.39 Å². The van der Waals surface area contributed by atoms with Crippen molar-refractivity contribution < 1.29 is 9.50 Å². The lowest BCUT2D eigenvalue weighted by Crippen LogP contribution is -2.15. The maximum absolute atomic E-state index is 15.4. The summed E-state index contributed by atoms with van der Waals surface area (Å²) in [5, 5.41) is 10.3. The maximum atomic E-state index is 15.4. The summed E-state index contributed by atoms with van der Waals surface area (Å²) in [5.41, 5.74) is 5.14. The minimum Gasteiger partial charge on any atom is -0.506 e. The van der Waals surface area contributed by atoms with Crippen LogP contribution in [-0.2, 0) is 0 Å². The van der Waals surface area contributed by atoms with Gasteiger partial charge in [-0.05, 0) is 43.1 Å². The lowest BCUT2D eigenvalue weighted by atomic mass is 9.75. The van der Waals surface area contributed by atoms with Crippen LogP contribution in [0.5, 0.6) is 5.75 Å². The number of hydrogen-bond acceptors (Lipinski definition) is 1. The molecule has 0 aliphatic heterocycles. The van der Waals surface area contributed by atoms with Crippen LogP contribution in [0.4, 0.5) is 4.39 Å². The summed E-state index contributed by atoms with van der Waals surface area (Å²) in [6, 6.07) is 9.21. The van der Waals surface area contributed by atoms with Crippen LogP contribution in [-0.4, -0.2) is 5.11 Å². The topological polar surface area (TPSA) is 20.2 Å². The Balaban J connectivity index is 2.47. The Hall–Kier alpha value is -1.77. The minimum absolute atomic E-state index is 0.165. The van der Waals surface area contributed by atoms with Gasteiger partial charge < -0.3 is 5.11 Å². The van der Waals surface area contributed by atoms with Crippen molar-refractivity contribution in [2.45, 2.75) is 34.6 Å². The molecule has 0 saturated carbocycles. The van der Waals surface area contributed by atoms with Crippen molar-refractivity contribution in [1.29, 1.82) is 0 Å². The summed E-state index contributed by atoms with van der Waals surface area (Å²) >= 11 is 12.3.